The van der Waals surface area contributed by atoms with Gasteiger partial charge in [0.25, 0.3) is 0 Å². The molecule has 62 valence electrons. The Hall–Kier alpha value is 0.270. The van der Waals surface area contributed by atoms with Crippen LogP contribution in [0.2, 0.25) is 0 Å². The van der Waals surface area contributed by atoms with Crippen molar-refractivity contribution >= 4 is 11.8 Å². The quantitative estimate of drug-likeness (QED) is 0.577. The van der Waals surface area contributed by atoms with Crippen LogP contribution in [0.15, 0.2) is 0 Å². The summed E-state index contributed by atoms with van der Waals surface area (Å²) < 4.78 is 10.1. The number of hydrogen-bond donors (Lipinski definition) is 0. The predicted octanol–water partition coefficient (Wildman–Crippen LogP) is 1.75. The first-order chi connectivity index (χ1) is 4.76. The number of hydrogen-bond acceptors (Lipinski definition) is 3. The molecule has 0 spiro atoms. The molecule has 0 aliphatic rings. The highest BCUT2D eigenvalue weighted by Gasteiger charge is 2.14. The molecule has 0 amide bonds. The van der Waals surface area contributed by atoms with E-state index in [0.29, 0.717) is 5.25 Å². The third-order valence-corrected chi connectivity index (χ3v) is 2.36. The SMILES string of the molecule is CCSC(C)C(OC)OC. The van der Waals surface area contributed by atoms with Crippen LogP contribution >= 0.6 is 11.8 Å². The smallest absolute Gasteiger partial charge is 0.168 e. The normalized spacial score (nSPS) is 14.1. The van der Waals surface area contributed by atoms with Gasteiger partial charge in [0.05, 0.1) is 5.25 Å². The van der Waals surface area contributed by atoms with Crippen molar-refractivity contribution in [2.24, 2.45) is 0 Å². The molecular weight excluding hydrogens is 148 g/mol. The Balaban J connectivity index is 3.53. The van der Waals surface area contributed by atoms with Crippen LogP contribution in [0.5, 0.6) is 0 Å². The summed E-state index contributed by atoms with van der Waals surface area (Å²) in [6.07, 6.45) is -0.0649. The first kappa shape index (κ1) is 10.3. The zero-order chi connectivity index (χ0) is 7.98. The van der Waals surface area contributed by atoms with E-state index in [1.54, 1.807) is 14.2 Å². The average molecular weight is 164 g/mol. The fourth-order valence-electron chi connectivity index (χ4n) is 0.821. The van der Waals surface area contributed by atoms with Crippen molar-refractivity contribution in [1.29, 1.82) is 0 Å². The van der Waals surface area contributed by atoms with Crippen molar-refractivity contribution < 1.29 is 9.47 Å². The first-order valence-electron chi connectivity index (χ1n) is 3.43. The van der Waals surface area contributed by atoms with Crippen LogP contribution in [0.1, 0.15) is 13.8 Å². The minimum atomic E-state index is -0.0649. The lowest BCUT2D eigenvalue weighted by Gasteiger charge is -2.19. The molecule has 0 aromatic rings. The number of methoxy groups -OCH3 is 2. The summed E-state index contributed by atoms with van der Waals surface area (Å²) in [5.41, 5.74) is 0. The molecule has 2 nitrogen and oxygen atoms in total. The maximum atomic E-state index is 5.07. The summed E-state index contributed by atoms with van der Waals surface area (Å²) in [4.78, 5) is 0. The Morgan fingerprint density at radius 1 is 1.30 bits per heavy atom. The molecule has 0 aliphatic heterocycles. The van der Waals surface area contributed by atoms with Gasteiger partial charge in [0.2, 0.25) is 0 Å². The molecule has 0 fully saturated rings. The monoisotopic (exact) mass is 164 g/mol. The fourth-order valence-corrected chi connectivity index (χ4v) is 1.73. The van der Waals surface area contributed by atoms with Crippen LogP contribution in [0.25, 0.3) is 0 Å². The Kier molecular flexibility index (Phi) is 6.17. The molecule has 3 heteroatoms. The molecule has 1 atom stereocenters. The second-order valence-corrected chi connectivity index (χ2v) is 3.65. The molecule has 0 radical (unpaired) electrons. The van der Waals surface area contributed by atoms with Crippen LogP contribution in [0.4, 0.5) is 0 Å². The zero-order valence-corrected chi connectivity index (χ0v) is 7.90. The average Bonchev–Trinajstić information content (AvgIpc) is 1.91. The molecule has 0 bridgehead atoms. The summed E-state index contributed by atoms with van der Waals surface area (Å²) in [6.45, 7) is 4.23. The van der Waals surface area contributed by atoms with Crippen LogP contribution in [0.3, 0.4) is 0 Å². The minimum Gasteiger partial charge on any atom is -0.355 e. The second-order valence-electron chi connectivity index (χ2n) is 2.00. The zero-order valence-electron chi connectivity index (χ0n) is 7.09. The molecular formula is C7H16O2S. The Labute approximate surface area is 67.3 Å². The van der Waals surface area contributed by atoms with Crippen molar-refractivity contribution in [3.8, 4) is 0 Å². The van der Waals surface area contributed by atoms with Crippen molar-refractivity contribution in [3.05, 3.63) is 0 Å². The van der Waals surface area contributed by atoms with Gasteiger partial charge < -0.3 is 9.47 Å². The largest absolute Gasteiger partial charge is 0.355 e. The van der Waals surface area contributed by atoms with Gasteiger partial charge in [-0.25, -0.2) is 0 Å². The Morgan fingerprint density at radius 3 is 2.10 bits per heavy atom. The topological polar surface area (TPSA) is 18.5 Å². The highest BCUT2D eigenvalue weighted by Crippen LogP contribution is 2.15. The van der Waals surface area contributed by atoms with E-state index < -0.39 is 0 Å². The molecule has 0 aliphatic carbocycles. The van der Waals surface area contributed by atoms with E-state index in [9.17, 15) is 0 Å². The molecule has 10 heavy (non-hydrogen) atoms. The molecule has 1 unspecified atom stereocenters. The Bertz CT molecular complexity index is 74.0. The predicted molar refractivity (Wildman–Crippen MR) is 45.4 cm³/mol. The maximum absolute atomic E-state index is 5.07. The summed E-state index contributed by atoms with van der Waals surface area (Å²) in [5, 5.41) is 0.417. The van der Waals surface area contributed by atoms with E-state index in [1.165, 1.54) is 0 Å². The van der Waals surface area contributed by atoms with Crippen LogP contribution in [-0.2, 0) is 9.47 Å². The van der Waals surface area contributed by atoms with Crippen LogP contribution < -0.4 is 0 Å². The fraction of sp³-hybridized carbons (Fsp3) is 1.00. The maximum Gasteiger partial charge on any atom is 0.168 e. The third-order valence-electron chi connectivity index (χ3n) is 1.28. The first-order valence-corrected chi connectivity index (χ1v) is 4.48. The Morgan fingerprint density at radius 2 is 1.80 bits per heavy atom. The van der Waals surface area contributed by atoms with Crippen molar-refractivity contribution in [1.82, 2.24) is 0 Å². The van der Waals surface area contributed by atoms with E-state index in [1.807, 2.05) is 11.8 Å². The number of rotatable bonds is 5. The lowest BCUT2D eigenvalue weighted by Crippen LogP contribution is -2.24. The van der Waals surface area contributed by atoms with E-state index in [-0.39, 0.29) is 6.29 Å². The van der Waals surface area contributed by atoms with Gasteiger partial charge in [0.15, 0.2) is 6.29 Å². The van der Waals surface area contributed by atoms with Gasteiger partial charge in [-0.15, -0.1) is 0 Å². The standard InChI is InChI=1S/C7H16O2S/c1-5-10-6(2)7(8-3)9-4/h6-7H,5H2,1-4H3. The highest BCUT2D eigenvalue weighted by molar-refractivity contribution is 7.99. The van der Waals surface area contributed by atoms with Crippen molar-refractivity contribution in [2.45, 2.75) is 25.4 Å². The van der Waals surface area contributed by atoms with Gasteiger partial charge in [-0.1, -0.05) is 6.92 Å². The van der Waals surface area contributed by atoms with E-state index in [2.05, 4.69) is 13.8 Å². The lowest BCUT2D eigenvalue weighted by atomic mass is 10.5. The van der Waals surface area contributed by atoms with E-state index in [4.69, 9.17) is 9.47 Å². The van der Waals surface area contributed by atoms with E-state index in [0.717, 1.165) is 5.75 Å². The molecule has 0 saturated heterocycles. The number of ether oxygens (including phenoxy) is 2. The van der Waals surface area contributed by atoms with Gasteiger partial charge >= 0.3 is 0 Å². The molecule has 0 N–H and O–H groups in total. The third kappa shape index (κ3) is 3.44. The van der Waals surface area contributed by atoms with Gasteiger partial charge in [0, 0.05) is 14.2 Å². The van der Waals surface area contributed by atoms with Crippen LogP contribution in [-0.4, -0.2) is 31.5 Å². The van der Waals surface area contributed by atoms with Gasteiger partial charge in [-0.05, 0) is 12.7 Å². The summed E-state index contributed by atoms with van der Waals surface area (Å²) >= 11 is 1.84. The van der Waals surface area contributed by atoms with Crippen molar-refractivity contribution in [3.63, 3.8) is 0 Å². The molecule has 0 heterocycles. The molecule has 0 aromatic carbocycles. The van der Waals surface area contributed by atoms with E-state index >= 15 is 0 Å². The number of thioether (sulfide) groups is 1. The highest BCUT2D eigenvalue weighted by atomic mass is 32.2. The lowest BCUT2D eigenvalue weighted by molar-refractivity contribution is -0.0988. The molecule has 0 rings (SSSR count). The van der Waals surface area contributed by atoms with Gasteiger partial charge in [0.1, 0.15) is 0 Å². The van der Waals surface area contributed by atoms with Crippen LogP contribution in [0, 0.1) is 0 Å². The van der Waals surface area contributed by atoms with Gasteiger partial charge in [-0.3, -0.25) is 0 Å². The second kappa shape index (κ2) is 6.01. The summed E-state index contributed by atoms with van der Waals surface area (Å²) in [5.74, 6) is 1.10. The summed E-state index contributed by atoms with van der Waals surface area (Å²) in [6, 6.07) is 0. The van der Waals surface area contributed by atoms with Crippen molar-refractivity contribution in [2.75, 3.05) is 20.0 Å². The summed E-state index contributed by atoms with van der Waals surface area (Å²) in [7, 11) is 3.34. The van der Waals surface area contributed by atoms with Gasteiger partial charge in [-0.2, -0.15) is 11.8 Å². The minimum absolute atomic E-state index is 0.0649. The molecule has 0 saturated carbocycles. The molecule has 0 aromatic heterocycles.